The maximum absolute atomic E-state index is 6.54. The molecule has 50 heavy (non-hydrogen) atoms. The van der Waals surface area contributed by atoms with Crippen LogP contribution in [0.15, 0.2) is 174 Å². The number of nitrogens with zero attached hydrogens (tertiary/aromatic N) is 2. The summed E-state index contributed by atoms with van der Waals surface area (Å²) in [6.45, 7) is 0. The Hall–Kier alpha value is -6.36. The van der Waals surface area contributed by atoms with Gasteiger partial charge < -0.3 is 4.42 Å². The summed E-state index contributed by atoms with van der Waals surface area (Å²) in [4.78, 5) is 10.5. The van der Waals surface area contributed by atoms with Gasteiger partial charge in [0.15, 0.2) is 5.82 Å². The fraction of sp³-hybridized carbons (Fsp3) is 0. The molecule has 3 nitrogen and oxygen atoms in total. The molecular formula is C46H28N2OS. The van der Waals surface area contributed by atoms with E-state index >= 15 is 0 Å². The van der Waals surface area contributed by atoms with Gasteiger partial charge in [-0.15, -0.1) is 11.3 Å². The van der Waals surface area contributed by atoms with Crippen molar-refractivity contribution in [3.8, 4) is 56.0 Å². The van der Waals surface area contributed by atoms with E-state index in [-0.39, 0.29) is 0 Å². The summed E-state index contributed by atoms with van der Waals surface area (Å²) in [6, 6.07) is 59.6. The first kappa shape index (κ1) is 28.6. The van der Waals surface area contributed by atoms with Gasteiger partial charge in [-0.25, -0.2) is 9.97 Å². The van der Waals surface area contributed by atoms with Crippen molar-refractivity contribution < 1.29 is 4.42 Å². The van der Waals surface area contributed by atoms with Crippen molar-refractivity contribution in [2.24, 2.45) is 0 Å². The highest BCUT2D eigenvalue weighted by Gasteiger charge is 2.20. The Balaban J connectivity index is 1.08. The summed E-state index contributed by atoms with van der Waals surface area (Å²) in [5.41, 5.74) is 12.7. The molecular weight excluding hydrogens is 629 g/mol. The van der Waals surface area contributed by atoms with Crippen LogP contribution < -0.4 is 0 Å². The van der Waals surface area contributed by atoms with E-state index in [2.05, 4.69) is 152 Å². The van der Waals surface area contributed by atoms with E-state index in [0.717, 1.165) is 65.5 Å². The van der Waals surface area contributed by atoms with Gasteiger partial charge >= 0.3 is 0 Å². The third-order valence-electron chi connectivity index (χ3n) is 9.55. The van der Waals surface area contributed by atoms with Crippen LogP contribution in [-0.2, 0) is 0 Å². The van der Waals surface area contributed by atoms with Crippen molar-refractivity contribution in [2.75, 3.05) is 0 Å². The van der Waals surface area contributed by atoms with Gasteiger partial charge in [-0.3, -0.25) is 0 Å². The van der Waals surface area contributed by atoms with Gasteiger partial charge in [0.2, 0.25) is 0 Å². The van der Waals surface area contributed by atoms with Crippen LogP contribution >= 0.6 is 11.3 Å². The summed E-state index contributed by atoms with van der Waals surface area (Å²) < 4.78 is 8.85. The molecule has 0 atom stereocenters. The molecule has 234 valence electrons. The summed E-state index contributed by atoms with van der Waals surface area (Å²) >= 11 is 1.75. The molecule has 10 aromatic rings. The van der Waals surface area contributed by atoms with Crippen molar-refractivity contribution in [1.82, 2.24) is 9.97 Å². The van der Waals surface area contributed by atoms with Crippen LogP contribution in [0.4, 0.5) is 0 Å². The second-order valence-corrected chi connectivity index (χ2v) is 13.6. The fourth-order valence-electron chi connectivity index (χ4n) is 7.14. The van der Waals surface area contributed by atoms with Gasteiger partial charge in [0, 0.05) is 32.0 Å². The second-order valence-electron chi connectivity index (χ2n) is 12.5. The van der Waals surface area contributed by atoms with E-state index < -0.39 is 0 Å². The monoisotopic (exact) mass is 656 g/mol. The molecule has 0 N–H and O–H groups in total. The first-order valence-electron chi connectivity index (χ1n) is 16.7. The molecule has 3 aromatic heterocycles. The predicted octanol–water partition coefficient (Wildman–Crippen LogP) is 13.1. The lowest BCUT2D eigenvalue weighted by molar-refractivity contribution is 0.669. The lowest BCUT2D eigenvalue weighted by Crippen LogP contribution is -1.94. The number of rotatable bonds is 5. The normalized spacial score (nSPS) is 11.6. The number of benzene rings is 7. The fourth-order valence-corrected chi connectivity index (χ4v) is 8.29. The Labute approximate surface area is 292 Å². The molecule has 4 heteroatoms. The molecule has 3 heterocycles. The lowest BCUT2D eigenvalue weighted by Gasteiger charge is -2.11. The minimum Gasteiger partial charge on any atom is -0.456 e. The highest BCUT2D eigenvalue weighted by Crippen LogP contribution is 2.42. The van der Waals surface area contributed by atoms with E-state index in [0.29, 0.717) is 5.82 Å². The average Bonchev–Trinajstić information content (AvgIpc) is 3.76. The molecule has 0 saturated carbocycles. The molecule has 0 aliphatic rings. The van der Waals surface area contributed by atoms with Gasteiger partial charge in [-0.1, -0.05) is 146 Å². The van der Waals surface area contributed by atoms with Crippen molar-refractivity contribution in [3.05, 3.63) is 170 Å². The van der Waals surface area contributed by atoms with Crippen molar-refractivity contribution in [3.63, 3.8) is 0 Å². The Morgan fingerprint density at radius 1 is 0.420 bits per heavy atom. The number of aromatic nitrogens is 2. The zero-order valence-corrected chi connectivity index (χ0v) is 27.7. The third kappa shape index (κ3) is 4.73. The van der Waals surface area contributed by atoms with Crippen LogP contribution in [0.5, 0.6) is 0 Å². The Morgan fingerprint density at radius 3 is 1.82 bits per heavy atom. The summed E-state index contributed by atoms with van der Waals surface area (Å²) in [6.07, 6.45) is 0. The number of thiophene rings is 1. The summed E-state index contributed by atoms with van der Waals surface area (Å²) in [5.74, 6) is 0.698. The molecule has 7 aromatic carbocycles. The zero-order valence-electron chi connectivity index (χ0n) is 26.9. The topological polar surface area (TPSA) is 38.9 Å². The number of fused-ring (bicyclic) bond motifs is 6. The van der Waals surface area contributed by atoms with Crippen LogP contribution in [0.2, 0.25) is 0 Å². The van der Waals surface area contributed by atoms with Gasteiger partial charge in [-0.05, 0) is 57.6 Å². The summed E-state index contributed by atoms with van der Waals surface area (Å²) in [7, 11) is 0. The number of hydrogen-bond acceptors (Lipinski definition) is 4. The molecule has 0 aliphatic heterocycles. The van der Waals surface area contributed by atoms with E-state index in [1.807, 2.05) is 18.2 Å². The lowest BCUT2D eigenvalue weighted by atomic mass is 9.93. The highest BCUT2D eigenvalue weighted by atomic mass is 32.1. The van der Waals surface area contributed by atoms with E-state index in [4.69, 9.17) is 14.4 Å². The molecule has 0 amide bonds. The van der Waals surface area contributed by atoms with Crippen LogP contribution in [-0.4, -0.2) is 9.97 Å². The number of furan rings is 1. The molecule has 0 radical (unpaired) electrons. The predicted molar refractivity (Wildman–Crippen MR) is 209 cm³/mol. The largest absolute Gasteiger partial charge is 0.456 e. The highest BCUT2D eigenvalue weighted by molar-refractivity contribution is 7.26. The average molecular weight is 657 g/mol. The Morgan fingerprint density at radius 2 is 1.04 bits per heavy atom. The maximum Gasteiger partial charge on any atom is 0.161 e. The molecule has 0 saturated heterocycles. The quantitative estimate of drug-likeness (QED) is 0.185. The first-order valence-corrected chi connectivity index (χ1v) is 17.6. The second kappa shape index (κ2) is 11.7. The minimum absolute atomic E-state index is 0.698. The minimum atomic E-state index is 0.698. The van der Waals surface area contributed by atoms with Gasteiger partial charge in [-0.2, -0.15) is 0 Å². The summed E-state index contributed by atoms with van der Waals surface area (Å²) in [5, 5.41) is 3.23. The Kier molecular flexibility index (Phi) is 6.68. The molecule has 10 rings (SSSR count). The van der Waals surface area contributed by atoms with Crippen molar-refractivity contribution >= 4 is 53.6 Å². The van der Waals surface area contributed by atoms with Crippen molar-refractivity contribution in [1.29, 1.82) is 0 Å². The van der Waals surface area contributed by atoms with Crippen LogP contribution in [0.1, 0.15) is 0 Å². The van der Waals surface area contributed by atoms with E-state index in [9.17, 15) is 0 Å². The smallest absolute Gasteiger partial charge is 0.161 e. The molecule has 0 spiro atoms. The Bertz CT molecular complexity index is 2850. The number of hydrogen-bond donors (Lipinski definition) is 0. The van der Waals surface area contributed by atoms with Crippen LogP contribution in [0, 0.1) is 0 Å². The standard InChI is InChI=1S/C46H28N2OS/c1-3-12-30(13-4-1)34-16-7-8-17-35(34)31-24-22-29(23-25-31)33-26-27-36-40(28-33)49-39-20-11-19-38(42(36)39)46-47-43(32-14-5-2-6-15-32)45-44(48-46)37-18-9-10-21-41(37)50-45/h1-28H. The molecule has 0 aliphatic carbocycles. The van der Waals surface area contributed by atoms with Gasteiger partial charge in [0.1, 0.15) is 11.2 Å². The van der Waals surface area contributed by atoms with Crippen molar-refractivity contribution in [2.45, 2.75) is 0 Å². The SMILES string of the molecule is c1ccc(-c2ccccc2-c2ccc(-c3ccc4c(c3)oc3cccc(-c5nc(-c6ccccc6)c6sc7ccccc7c6n5)c34)cc2)cc1. The van der Waals surface area contributed by atoms with E-state index in [1.54, 1.807) is 11.3 Å². The molecule has 0 bridgehead atoms. The first-order chi connectivity index (χ1) is 24.8. The maximum atomic E-state index is 6.54. The zero-order chi connectivity index (χ0) is 33.0. The molecule has 0 fully saturated rings. The van der Waals surface area contributed by atoms with Crippen LogP contribution in [0.25, 0.3) is 98.3 Å². The van der Waals surface area contributed by atoms with Crippen LogP contribution in [0.3, 0.4) is 0 Å². The van der Waals surface area contributed by atoms with Gasteiger partial charge in [0.25, 0.3) is 0 Å². The third-order valence-corrected chi connectivity index (χ3v) is 10.7. The van der Waals surface area contributed by atoms with Gasteiger partial charge in [0.05, 0.1) is 15.9 Å². The molecule has 0 unspecified atom stereocenters. The van der Waals surface area contributed by atoms with E-state index in [1.165, 1.54) is 27.0 Å².